The molecule has 2 rings (SSSR count). The Kier molecular flexibility index (Phi) is 5.36. The van der Waals surface area contributed by atoms with Crippen LogP contribution in [-0.4, -0.2) is 16.5 Å². The molecule has 0 unspecified atom stereocenters. The van der Waals surface area contributed by atoms with Gasteiger partial charge in [-0.25, -0.2) is 4.98 Å². The SMILES string of the molecule is CCc1cccc(C)c1Nc1cc(C)nc(NCC(C)C)n1. The van der Waals surface area contributed by atoms with Crippen LogP contribution in [0.5, 0.6) is 0 Å². The van der Waals surface area contributed by atoms with E-state index >= 15 is 0 Å². The fraction of sp³-hybridized carbons (Fsp3) is 0.444. The first kappa shape index (κ1) is 16.3. The molecule has 0 aliphatic rings. The summed E-state index contributed by atoms with van der Waals surface area (Å²) in [7, 11) is 0. The van der Waals surface area contributed by atoms with Gasteiger partial charge < -0.3 is 10.6 Å². The fourth-order valence-corrected chi connectivity index (χ4v) is 2.34. The monoisotopic (exact) mass is 298 g/mol. The highest BCUT2D eigenvalue weighted by atomic mass is 15.1. The van der Waals surface area contributed by atoms with Crippen molar-refractivity contribution in [1.29, 1.82) is 0 Å². The van der Waals surface area contributed by atoms with Crippen molar-refractivity contribution >= 4 is 17.5 Å². The van der Waals surface area contributed by atoms with Gasteiger partial charge in [-0.15, -0.1) is 0 Å². The van der Waals surface area contributed by atoms with E-state index in [1.165, 1.54) is 11.1 Å². The van der Waals surface area contributed by atoms with E-state index in [-0.39, 0.29) is 0 Å². The molecule has 0 bridgehead atoms. The Morgan fingerprint density at radius 3 is 2.59 bits per heavy atom. The number of hydrogen-bond acceptors (Lipinski definition) is 4. The molecule has 1 heterocycles. The number of rotatable bonds is 6. The van der Waals surface area contributed by atoms with Gasteiger partial charge in [-0.1, -0.05) is 39.0 Å². The van der Waals surface area contributed by atoms with Gasteiger partial charge in [0.1, 0.15) is 5.82 Å². The van der Waals surface area contributed by atoms with Crippen LogP contribution in [0.2, 0.25) is 0 Å². The maximum atomic E-state index is 4.58. The lowest BCUT2D eigenvalue weighted by atomic mass is 10.1. The average Bonchev–Trinajstić information content (AvgIpc) is 2.47. The number of aromatic nitrogens is 2. The number of aryl methyl sites for hydroxylation is 3. The quantitative estimate of drug-likeness (QED) is 0.826. The molecule has 0 saturated carbocycles. The maximum absolute atomic E-state index is 4.58. The van der Waals surface area contributed by atoms with Crippen molar-refractivity contribution in [2.24, 2.45) is 5.92 Å². The van der Waals surface area contributed by atoms with E-state index < -0.39 is 0 Å². The predicted molar refractivity (Wildman–Crippen MR) is 93.9 cm³/mol. The van der Waals surface area contributed by atoms with Gasteiger partial charge in [0, 0.05) is 24.0 Å². The molecule has 2 N–H and O–H groups in total. The number of benzene rings is 1. The largest absolute Gasteiger partial charge is 0.354 e. The van der Waals surface area contributed by atoms with Crippen molar-refractivity contribution in [2.45, 2.75) is 41.0 Å². The summed E-state index contributed by atoms with van der Waals surface area (Å²) in [5.74, 6) is 2.08. The highest BCUT2D eigenvalue weighted by molar-refractivity contribution is 5.65. The summed E-state index contributed by atoms with van der Waals surface area (Å²) in [5, 5.41) is 6.76. The first-order valence-electron chi connectivity index (χ1n) is 7.94. The van der Waals surface area contributed by atoms with Gasteiger partial charge in [0.25, 0.3) is 0 Å². The van der Waals surface area contributed by atoms with Crippen molar-refractivity contribution in [3.05, 3.63) is 41.1 Å². The van der Waals surface area contributed by atoms with E-state index in [4.69, 9.17) is 0 Å². The van der Waals surface area contributed by atoms with Crippen molar-refractivity contribution in [2.75, 3.05) is 17.2 Å². The molecule has 22 heavy (non-hydrogen) atoms. The third-order valence-electron chi connectivity index (χ3n) is 3.52. The second-order valence-corrected chi connectivity index (χ2v) is 6.08. The molecule has 0 spiro atoms. The molecule has 0 atom stereocenters. The van der Waals surface area contributed by atoms with E-state index in [1.54, 1.807) is 0 Å². The van der Waals surface area contributed by atoms with Crippen LogP contribution >= 0.6 is 0 Å². The maximum Gasteiger partial charge on any atom is 0.224 e. The first-order valence-corrected chi connectivity index (χ1v) is 7.94. The molecule has 2 aromatic rings. The van der Waals surface area contributed by atoms with Gasteiger partial charge in [0.05, 0.1) is 0 Å². The predicted octanol–water partition coefficient (Wildman–Crippen LogP) is 4.47. The topological polar surface area (TPSA) is 49.8 Å². The highest BCUT2D eigenvalue weighted by Crippen LogP contribution is 2.25. The third kappa shape index (κ3) is 4.20. The van der Waals surface area contributed by atoms with Gasteiger partial charge in [-0.3, -0.25) is 0 Å². The summed E-state index contributed by atoms with van der Waals surface area (Å²) >= 11 is 0. The molecule has 0 fully saturated rings. The Balaban J connectivity index is 2.26. The van der Waals surface area contributed by atoms with Gasteiger partial charge >= 0.3 is 0 Å². The lowest BCUT2D eigenvalue weighted by Gasteiger charge is -2.15. The van der Waals surface area contributed by atoms with E-state index in [0.717, 1.165) is 30.2 Å². The van der Waals surface area contributed by atoms with Crippen molar-refractivity contribution in [1.82, 2.24) is 9.97 Å². The second kappa shape index (κ2) is 7.25. The van der Waals surface area contributed by atoms with E-state index in [2.05, 4.69) is 66.5 Å². The Hall–Kier alpha value is -2.10. The number of nitrogens with zero attached hydrogens (tertiary/aromatic N) is 2. The molecule has 0 amide bonds. The standard InChI is InChI=1S/C18H26N4/c1-6-15-9-7-8-13(4)17(15)21-16-10-14(5)20-18(22-16)19-11-12(2)3/h7-10,12H,6,11H2,1-5H3,(H2,19,20,21,22). The summed E-state index contributed by atoms with van der Waals surface area (Å²) in [6.45, 7) is 11.5. The molecule has 0 aliphatic heterocycles. The molecule has 118 valence electrons. The molecule has 0 aliphatic carbocycles. The minimum atomic E-state index is 0.559. The number of anilines is 3. The molecule has 1 aromatic carbocycles. The van der Waals surface area contributed by atoms with Crippen LogP contribution in [0.3, 0.4) is 0 Å². The summed E-state index contributed by atoms with van der Waals surface area (Å²) in [6.07, 6.45) is 0.993. The van der Waals surface area contributed by atoms with Gasteiger partial charge in [0.2, 0.25) is 5.95 Å². The van der Waals surface area contributed by atoms with Crippen LogP contribution in [0, 0.1) is 19.8 Å². The van der Waals surface area contributed by atoms with Crippen LogP contribution in [0.15, 0.2) is 24.3 Å². The van der Waals surface area contributed by atoms with Crippen molar-refractivity contribution in [3.63, 3.8) is 0 Å². The van der Waals surface area contributed by atoms with Crippen LogP contribution < -0.4 is 10.6 Å². The Morgan fingerprint density at radius 2 is 1.91 bits per heavy atom. The molecular weight excluding hydrogens is 272 g/mol. The van der Waals surface area contributed by atoms with Crippen LogP contribution in [-0.2, 0) is 6.42 Å². The minimum Gasteiger partial charge on any atom is -0.354 e. The zero-order chi connectivity index (χ0) is 16.1. The molecule has 0 radical (unpaired) electrons. The van der Waals surface area contributed by atoms with Gasteiger partial charge in [-0.2, -0.15) is 4.98 Å². The second-order valence-electron chi connectivity index (χ2n) is 6.08. The average molecular weight is 298 g/mol. The van der Waals surface area contributed by atoms with E-state index in [9.17, 15) is 0 Å². The zero-order valence-corrected chi connectivity index (χ0v) is 14.2. The lowest BCUT2D eigenvalue weighted by molar-refractivity contribution is 0.684. The van der Waals surface area contributed by atoms with Crippen LogP contribution in [0.25, 0.3) is 0 Å². The smallest absolute Gasteiger partial charge is 0.224 e. The Labute approximate surface area is 133 Å². The zero-order valence-electron chi connectivity index (χ0n) is 14.2. The molecule has 0 saturated heterocycles. The van der Waals surface area contributed by atoms with E-state index in [0.29, 0.717) is 11.9 Å². The molecular formula is C18H26N4. The third-order valence-corrected chi connectivity index (χ3v) is 3.52. The normalized spacial score (nSPS) is 10.8. The number of para-hydroxylation sites is 1. The van der Waals surface area contributed by atoms with Crippen LogP contribution in [0.4, 0.5) is 17.5 Å². The Morgan fingerprint density at radius 1 is 1.14 bits per heavy atom. The molecule has 1 aromatic heterocycles. The summed E-state index contributed by atoms with van der Waals surface area (Å²) < 4.78 is 0. The minimum absolute atomic E-state index is 0.559. The number of nitrogens with one attached hydrogen (secondary N) is 2. The highest BCUT2D eigenvalue weighted by Gasteiger charge is 2.08. The van der Waals surface area contributed by atoms with Crippen molar-refractivity contribution < 1.29 is 0 Å². The molecule has 4 heteroatoms. The fourth-order valence-electron chi connectivity index (χ4n) is 2.34. The summed E-state index contributed by atoms with van der Waals surface area (Å²) in [5.41, 5.74) is 4.63. The molecule has 4 nitrogen and oxygen atoms in total. The lowest BCUT2D eigenvalue weighted by Crippen LogP contribution is -2.12. The Bertz CT molecular complexity index is 635. The van der Waals surface area contributed by atoms with Crippen LogP contribution in [0.1, 0.15) is 37.6 Å². The van der Waals surface area contributed by atoms with Gasteiger partial charge in [0.15, 0.2) is 0 Å². The summed E-state index contributed by atoms with van der Waals surface area (Å²) in [6, 6.07) is 8.35. The van der Waals surface area contributed by atoms with E-state index in [1.807, 2.05) is 13.0 Å². The van der Waals surface area contributed by atoms with Gasteiger partial charge in [-0.05, 0) is 37.3 Å². The first-order chi connectivity index (χ1) is 10.5. The number of hydrogen-bond donors (Lipinski definition) is 2. The van der Waals surface area contributed by atoms with Crippen molar-refractivity contribution in [3.8, 4) is 0 Å². The summed E-state index contributed by atoms with van der Waals surface area (Å²) in [4.78, 5) is 9.03.